The van der Waals surface area contributed by atoms with Crippen molar-refractivity contribution < 1.29 is 9.59 Å². The second-order valence-electron chi connectivity index (χ2n) is 5.59. The summed E-state index contributed by atoms with van der Waals surface area (Å²) in [5, 5.41) is 2.71. The predicted octanol–water partition coefficient (Wildman–Crippen LogP) is 2.06. The maximum atomic E-state index is 12.6. The molecule has 1 N–H and O–H groups in total. The molecule has 0 spiro atoms. The Hall–Kier alpha value is -2.62. The molecule has 0 radical (unpaired) electrons. The third kappa shape index (κ3) is 2.37. The molecule has 2 aromatic rings. The van der Waals surface area contributed by atoms with Gasteiger partial charge in [0.15, 0.2) is 0 Å². The summed E-state index contributed by atoms with van der Waals surface area (Å²) >= 11 is 0. The van der Waals surface area contributed by atoms with Gasteiger partial charge in [0.1, 0.15) is 5.54 Å². The summed E-state index contributed by atoms with van der Waals surface area (Å²) in [6, 6.07) is 19.2. The SMILES string of the molecule is CC1(c2ccccc2)C(=O)NCC(=O)N1Cc1ccccc1. The zero-order valence-corrected chi connectivity index (χ0v) is 12.5. The van der Waals surface area contributed by atoms with Crippen LogP contribution in [0.25, 0.3) is 0 Å². The Kier molecular flexibility index (Phi) is 3.67. The lowest BCUT2D eigenvalue weighted by Gasteiger charge is -2.43. The van der Waals surface area contributed by atoms with Gasteiger partial charge in [-0.2, -0.15) is 0 Å². The molecule has 1 atom stereocenters. The van der Waals surface area contributed by atoms with Crippen molar-refractivity contribution in [3.05, 3.63) is 71.8 Å². The second kappa shape index (κ2) is 5.64. The number of piperazine rings is 1. The first kappa shape index (κ1) is 14.3. The zero-order chi connectivity index (χ0) is 15.6. The van der Waals surface area contributed by atoms with Crippen molar-refractivity contribution in [2.24, 2.45) is 0 Å². The van der Waals surface area contributed by atoms with Gasteiger partial charge in [-0.05, 0) is 18.1 Å². The number of hydrogen-bond donors (Lipinski definition) is 1. The van der Waals surface area contributed by atoms with Crippen LogP contribution < -0.4 is 5.32 Å². The maximum absolute atomic E-state index is 12.6. The van der Waals surface area contributed by atoms with Crippen molar-refractivity contribution in [2.75, 3.05) is 6.54 Å². The van der Waals surface area contributed by atoms with E-state index in [0.717, 1.165) is 11.1 Å². The summed E-state index contributed by atoms with van der Waals surface area (Å²) in [5.41, 5.74) is 0.830. The lowest BCUT2D eigenvalue weighted by Crippen LogP contribution is -2.63. The van der Waals surface area contributed by atoms with Gasteiger partial charge in [-0.1, -0.05) is 60.7 Å². The number of benzene rings is 2. The van der Waals surface area contributed by atoms with Crippen molar-refractivity contribution in [2.45, 2.75) is 19.0 Å². The Labute approximate surface area is 129 Å². The number of carbonyl (C=O) groups excluding carboxylic acids is 2. The number of nitrogens with one attached hydrogen (secondary N) is 1. The highest BCUT2D eigenvalue weighted by molar-refractivity contribution is 5.98. The molecule has 112 valence electrons. The minimum atomic E-state index is -0.994. The molecule has 4 heteroatoms. The van der Waals surface area contributed by atoms with E-state index in [1.165, 1.54) is 0 Å². The highest BCUT2D eigenvalue weighted by Gasteiger charge is 2.46. The van der Waals surface area contributed by atoms with Crippen LogP contribution in [0, 0.1) is 0 Å². The molecular formula is C18H18N2O2. The van der Waals surface area contributed by atoms with Crippen LogP contribution in [0.3, 0.4) is 0 Å². The average Bonchev–Trinajstić information content (AvgIpc) is 2.57. The molecule has 4 nitrogen and oxygen atoms in total. The van der Waals surface area contributed by atoms with Gasteiger partial charge in [-0.3, -0.25) is 9.59 Å². The van der Waals surface area contributed by atoms with E-state index in [1.54, 1.807) is 11.8 Å². The van der Waals surface area contributed by atoms with Crippen LogP contribution in [0.4, 0.5) is 0 Å². The Morgan fingerprint density at radius 1 is 1.00 bits per heavy atom. The van der Waals surface area contributed by atoms with E-state index in [1.807, 2.05) is 60.7 Å². The van der Waals surface area contributed by atoms with Gasteiger partial charge in [0.2, 0.25) is 5.91 Å². The van der Waals surface area contributed by atoms with Gasteiger partial charge in [0.05, 0.1) is 6.54 Å². The van der Waals surface area contributed by atoms with Crippen LogP contribution >= 0.6 is 0 Å². The van der Waals surface area contributed by atoms with E-state index in [4.69, 9.17) is 0 Å². The molecule has 2 amide bonds. The number of nitrogens with zero attached hydrogens (tertiary/aromatic N) is 1. The minimum absolute atomic E-state index is 0.0497. The third-order valence-corrected chi connectivity index (χ3v) is 4.20. The monoisotopic (exact) mass is 294 g/mol. The van der Waals surface area contributed by atoms with Crippen molar-refractivity contribution in [3.8, 4) is 0 Å². The van der Waals surface area contributed by atoms with Gasteiger partial charge in [0.25, 0.3) is 5.91 Å². The molecule has 1 aliphatic rings. The Bertz CT molecular complexity index is 685. The zero-order valence-electron chi connectivity index (χ0n) is 12.5. The smallest absolute Gasteiger partial charge is 0.250 e. The number of carbonyl (C=O) groups is 2. The van der Waals surface area contributed by atoms with Crippen LogP contribution in [-0.4, -0.2) is 23.3 Å². The van der Waals surface area contributed by atoms with Gasteiger partial charge >= 0.3 is 0 Å². The van der Waals surface area contributed by atoms with Crippen LogP contribution in [0.5, 0.6) is 0 Å². The largest absolute Gasteiger partial charge is 0.345 e. The standard InChI is InChI=1S/C18H18N2O2/c1-18(15-10-6-3-7-11-15)17(22)19-12-16(21)20(18)13-14-8-4-2-5-9-14/h2-11H,12-13H2,1H3,(H,19,22). The third-order valence-electron chi connectivity index (χ3n) is 4.20. The van der Waals surface area contributed by atoms with Crippen LogP contribution in [0.2, 0.25) is 0 Å². The van der Waals surface area contributed by atoms with E-state index < -0.39 is 5.54 Å². The number of rotatable bonds is 3. The Morgan fingerprint density at radius 3 is 2.23 bits per heavy atom. The van der Waals surface area contributed by atoms with E-state index in [0.29, 0.717) is 6.54 Å². The topological polar surface area (TPSA) is 49.4 Å². The second-order valence-corrected chi connectivity index (χ2v) is 5.59. The average molecular weight is 294 g/mol. The number of hydrogen-bond acceptors (Lipinski definition) is 2. The summed E-state index contributed by atoms with van der Waals surface area (Å²) in [7, 11) is 0. The molecule has 0 aromatic heterocycles. The highest BCUT2D eigenvalue weighted by atomic mass is 16.2. The summed E-state index contributed by atoms with van der Waals surface area (Å²) in [6.45, 7) is 2.27. The van der Waals surface area contributed by atoms with Crippen molar-refractivity contribution in [3.63, 3.8) is 0 Å². The van der Waals surface area contributed by atoms with E-state index in [9.17, 15) is 9.59 Å². The van der Waals surface area contributed by atoms with E-state index in [-0.39, 0.29) is 18.4 Å². The maximum Gasteiger partial charge on any atom is 0.250 e. The molecule has 0 saturated carbocycles. The Morgan fingerprint density at radius 2 is 1.59 bits per heavy atom. The van der Waals surface area contributed by atoms with Crippen molar-refractivity contribution >= 4 is 11.8 Å². The van der Waals surface area contributed by atoms with E-state index in [2.05, 4.69) is 5.32 Å². The van der Waals surface area contributed by atoms with Gasteiger partial charge in [-0.25, -0.2) is 0 Å². The van der Waals surface area contributed by atoms with Gasteiger partial charge in [-0.15, -0.1) is 0 Å². The first-order valence-electron chi connectivity index (χ1n) is 7.30. The molecule has 22 heavy (non-hydrogen) atoms. The fourth-order valence-corrected chi connectivity index (χ4v) is 2.86. The summed E-state index contributed by atoms with van der Waals surface area (Å²) in [4.78, 5) is 26.7. The van der Waals surface area contributed by atoms with E-state index >= 15 is 0 Å². The van der Waals surface area contributed by atoms with Crippen LogP contribution in [0.1, 0.15) is 18.1 Å². The molecule has 2 aromatic carbocycles. The molecule has 1 aliphatic heterocycles. The fraction of sp³-hybridized carbons (Fsp3) is 0.222. The van der Waals surface area contributed by atoms with Crippen molar-refractivity contribution in [1.29, 1.82) is 0 Å². The van der Waals surface area contributed by atoms with Crippen LogP contribution in [0.15, 0.2) is 60.7 Å². The lowest BCUT2D eigenvalue weighted by molar-refractivity contribution is -0.154. The first-order valence-corrected chi connectivity index (χ1v) is 7.30. The fourth-order valence-electron chi connectivity index (χ4n) is 2.86. The van der Waals surface area contributed by atoms with Crippen LogP contribution in [-0.2, 0) is 21.7 Å². The molecular weight excluding hydrogens is 276 g/mol. The molecule has 1 heterocycles. The van der Waals surface area contributed by atoms with Gasteiger partial charge < -0.3 is 10.2 Å². The molecule has 1 unspecified atom stereocenters. The lowest BCUT2D eigenvalue weighted by atomic mass is 9.86. The summed E-state index contributed by atoms with van der Waals surface area (Å²) < 4.78 is 0. The molecule has 0 aliphatic carbocycles. The first-order chi connectivity index (χ1) is 10.6. The summed E-state index contributed by atoms with van der Waals surface area (Å²) in [6.07, 6.45) is 0. The summed E-state index contributed by atoms with van der Waals surface area (Å²) in [5.74, 6) is -0.218. The molecule has 1 saturated heterocycles. The molecule has 0 bridgehead atoms. The van der Waals surface area contributed by atoms with Gasteiger partial charge in [0, 0.05) is 6.54 Å². The van der Waals surface area contributed by atoms with Crippen molar-refractivity contribution in [1.82, 2.24) is 10.2 Å². The Balaban J connectivity index is 2.03. The molecule has 3 rings (SSSR count). The quantitative estimate of drug-likeness (QED) is 0.942. The normalized spacial score (nSPS) is 21.6. The highest BCUT2D eigenvalue weighted by Crippen LogP contribution is 2.32. The minimum Gasteiger partial charge on any atom is -0.345 e. The number of amides is 2. The predicted molar refractivity (Wildman–Crippen MR) is 83.8 cm³/mol. The molecule has 1 fully saturated rings.